The molecule has 15 heavy (non-hydrogen) atoms. The molecule has 0 fully saturated rings. The molecule has 0 aromatic carbocycles. The third kappa shape index (κ3) is 1.99. The summed E-state index contributed by atoms with van der Waals surface area (Å²) in [4.78, 5) is 0. The molecule has 6 heteroatoms. The van der Waals surface area contributed by atoms with Gasteiger partial charge in [0.1, 0.15) is 6.04 Å². The van der Waals surface area contributed by atoms with E-state index in [1.807, 2.05) is 0 Å². The second-order valence-electron chi connectivity index (χ2n) is 3.83. The fourth-order valence-electron chi connectivity index (χ4n) is 1.88. The minimum atomic E-state index is -4.34. The van der Waals surface area contributed by atoms with Crippen LogP contribution in [0.25, 0.3) is 0 Å². The van der Waals surface area contributed by atoms with Gasteiger partial charge in [0.2, 0.25) is 0 Å². The van der Waals surface area contributed by atoms with E-state index in [4.69, 9.17) is 5.73 Å². The molecule has 1 unspecified atom stereocenters. The highest BCUT2D eigenvalue weighted by Gasteiger charge is 2.37. The van der Waals surface area contributed by atoms with Crippen molar-refractivity contribution < 1.29 is 13.2 Å². The number of aromatic nitrogens is 2. The molecule has 0 aliphatic heterocycles. The van der Waals surface area contributed by atoms with Crippen LogP contribution in [0.3, 0.4) is 0 Å². The van der Waals surface area contributed by atoms with Crippen LogP contribution in [0.2, 0.25) is 0 Å². The molecule has 1 aliphatic carbocycles. The van der Waals surface area contributed by atoms with Gasteiger partial charge in [-0.3, -0.25) is 5.10 Å². The van der Waals surface area contributed by atoms with Crippen molar-refractivity contribution in [3.05, 3.63) is 17.0 Å². The van der Waals surface area contributed by atoms with Crippen LogP contribution in [0, 0.1) is 0 Å². The maximum absolute atomic E-state index is 12.2. The van der Waals surface area contributed by atoms with Crippen molar-refractivity contribution in [3.8, 4) is 0 Å². The van der Waals surface area contributed by atoms with Gasteiger partial charge in [-0.15, -0.1) is 0 Å². The zero-order valence-electron chi connectivity index (χ0n) is 8.06. The van der Waals surface area contributed by atoms with E-state index in [2.05, 4.69) is 10.2 Å². The summed E-state index contributed by atoms with van der Waals surface area (Å²) in [5.74, 6) is 0. The van der Waals surface area contributed by atoms with Crippen LogP contribution in [0.5, 0.6) is 0 Å². The van der Waals surface area contributed by atoms with Gasteiger partial charge < -0.3 is 5.73 Å². The highest BCUT2D eigenvalue weighted by atomic mass is 19.4. The molecule has 1 aromatic rings. The van der Waals surface area contributed by atoms with Gasteiger partial charge in [0, 0.05) is 12.1 Å². The van der Waals surface area contributed by atoms with Gasteiger partial charge in [-0.05, 0) is 24.8 Å². The summed E-state index contributed by atoms with van der Waals surface area (Å²) in [5.41, 5.74) is 7.45. The first-order valence-electron chi connectivity index (χ1n) is 4.86. The van der Waals surface area contributed by atoms with Gasteiger partial charge in [0.15, 0.2) is 0 Å². The monoisotopic (exact) mass is 219 g/mol. The fraction of sp³-hybridized carbons (Fsp3) is 0.667. The Morgan fingerprint density at radius 3 is 2.80 bits per heavy atom. The SMILES string of the molecule is NC(Cc1n[nH]c2c1CCC2)C(F)(F)F. The van der Waals surface area contributed by atoms with Crippen LogP contribution in [-0.2, 0) is 19.3 Å². The van der Waals surface area contributed by atoms with Gasteiger partial charge in [0.25, 0.3) is 0 Å². The Bertz CT molecular complexity index is 356. The summed E-state index contributed by atoms with van der Waals surface area (Å²) in [7, 11) is 0. The van der Waals surface area contributed by atoms with Crippen LogP contribution >= 0.6 is 0 Å². The average molecular weight is 219 g/mol. The number of rotatable bonds is 2. The number of H-pyrrole nitrogens is 1. The summed E-state index contributed by atoms with van der Waals surface area (Å²) in [6.45, 7) is 0. The molecule has 1 heterocycles. The second-order valence-corrected chi connectivity index (χ2v) is 3.83. The largest absolute Gasteiger partial charge is 0.404 e. The number of nitrogens with zero attached hydrogens (tertiary/aromatic N) is 1. The van der Waals surface area contributed by atoms with Gasteiger partial charge in [0.05, 0.1) is 5.69 Å². The number of nitrogens with two attached hydrogens (primary N) is 1. The van der Waals surface area contributed by atoms with Crippen LogP contribution in [0.15, 0.2) is 0 Å². The van der Waals surface area contributed by atoms with Crippen LogP contribution < -0.4 is 5.73 Å². The number of halogens is 3. The summed E-state index contributed by atoms with van der Waals surface area (Å²) >= 11 is 0. The number of hydrogen-bond donors (Lipinski definition) is 2. The Labute approximate surface area is 84.8 Å². The smallest absolute Gasteiger partial charge is 0.320 e. The van der Waals surface area contributed by atoms with E-state index in [-0.39, 0.29) is 6.42 Å². The van der Waals surface area contributed by atoms with Crippen molar-refractivity contribution in [2.45, 2.75) is 37.9 Å². The topological polar surface area (TPSA) is 54.7 Å². The molecule has 1 atom stereocenters. The molecule has 0 spiro atoms. The van der Waals surface area contributed by atoms with E-state index >= 15 is 0 Å². The Morgan fingerprint density at radius 2 is 2.13 bits per heavy atom. The average Bonchev–Trinajstić information content (AvgIpc) is 2.67. The Morgan fingerprint density at radius 1 is 1.40 bits per heavy atom. The number of alkyl halides is 3. The van der Waals surface area contributed by atoms with Crippen LogP contribution in [-0.4, -0.2) is 22.4 Å². The highest BCUT2D eigenvalue weighted by Crippen LogP contribution is 2.26. The maximum Gasteiger partial charge on any atom is 0.404 e. The first-order valence-corrected chi connectivity index (χ1v) is 4.86. The number of fused-ring (bicyclic) bond motifs is 1. The number of hydrogen-bond acceptors (Lipinski definition) is 2. The van der Waals surface area contributed by atoms with E-state index in [0.717, 1.165) is 30.5 Å². The first-order chi connectivity index (χ1) is 6.98. The Balaban J connectivity index is 2.12. The molecular weight excluding hydrogens is 207 g/mol. The third-order valence-corrected chi connectivity index (χ3v) is 2.73. The molecule has 84 valence electrons. The van der Waals surface area contributed by atoms with Crippen molar-refractivity contribution in [3.63, 3.8) is 0 Å². The number of aromatic amines is 1. The van der Waals surface area contributed by atoms with Crippen LogP contribution in [0.4, 0.5) is 13.2 Å². The molecule has 0 amide bonds. The van der Waals surface area contributed by atoms with Crippen molar-refractivity contribution in [2.24, 2.45) is 5.73 Å². The van der Waals surface area contributed by atoms with E-state index in [1.165, 1.54) is 0 Å². The van der Waals surface area contributed by atoms with Crippen molar-refractivity contribution >= 4 is 0 Å². The molecule has 0 radical (unpaired) electrons. The molecule has 2 rings (SSSR count). The fourth-order valence-corrected chi connectivity index (χ4v) is 1.88. The zero-order chi connectivity index (χ0) is 11.1. The molecule has 3 nitrogen and oxygen atoms in total. The van der Waals surface area contributed by atoms with Gasteiger partial charge in [-0.2, -0.15) is 18.3 Å². The van der Waals surface area contributed by atoms with Crippen LogP contribution in [0.1, 0.15) is 23.4 Å². The number of aryl methyl sites for hydroxylation is 1. The van der Waals surface area contributed by atoms with Gasteiger partial charge in [-0.1, -0.05) is 0 Å². The Kier molecular flexibility index (Phi) is 2.46. The lowest BCUT2D eigenvalue weighted by molar-refractivity contribution is -0.147. The standard InChI is InChI=1S/C9H12F3N3/c10-9(11,12)8(13)4-7-5-2-1-3-6(5)14-15-7/h8H,1-4,13H2,(H,14,15). The lowest BCUT2D eigenvalue weighted by Crippen LogP contribution is -2.39. The molecule has 0 saturated heterocycles. The first kappa shape index (κ1) is 10.5. The van der Waals surface area contributed by atoms with Gasteiger partial charge in [-0.25, -0.2) is 0 Å². The molecule has 1 aliphatic rings. The summed E-state index contributed by atoms with van der Waals surface area (Å²) in [6.07, 6.45) is -1.90. The van der Waals surface area contributed by atoms with E-state index in [9.17, 15) is 13.2 Å². The molecule has 0 bridgehead atoms. The summed E-state index contributed by atoms with van der Waals surface area (Å²) < 4.78 is 36.7. The third-order valence-electron chi connectivity index (χ3n) is 2.73. The number of nitrogens with one attached hydrogen (secondary N) is 1. The Hall–Kier alpha value is -1.04. The van der Waals surface area contributed by atoms with Crippen molar-refractivity contribution in [2.75, 3.05) is 0 Å². The predicted octanol–water partition coefficient (Wildman–Crippen LogP) is 1.33. The molecule has 1 aromatic heterocycles. The predicted molar refractivity (Wildman–Crippen MR) is 48.3 cm³/mol. The highest BCUT2D eigenvalue weighted by molar-refractivity contribution is 5.30. The minimum Gasteiger partial charge on any atom is -0.320 e. The van der Waals surface area contributed by atoms with Gasteiger partial charge >= 0.3 is 6.18 Å². The molecule has 0 saturated carbocycles. The maximum atomic E-state index is 12.2. The van der Waals surface area contributed by atoms with E-state index in [0.29, 0.717) is 5.69 Å². The quantitative estimate of drug-likeness (QED) is 0.788. The molecular formula is C9H12F3N3. The van der Waals surface area contributed by atoms with E-state index < -0.39 is 12.2 Å². The minimum absolute atomic E-state index is 0.227. The van der Waals surface area contributed by atoms with E-state index in [1.54, 1.807) is 0 Å². The van der Waals surface area contributed by atoms with Crippen molar-refractivity contribution in [1.82, 2.24) is 10.2 Å². The lowest BCUT2D eigenvalue weighted by Gasteiger charge is -2.14. The zero-order valence-corrected chi connectivity index (χ0v) is 8.06. The summed E-state index contributed by atoms with van der Waals surface area (Å²) in [5, 5.41) is 6.66. The lowest BCUT2D eigenvalue weighted by atomic mass is 10.1. The normalized spacial score (nSPS) is 17.9. The van der Waals surface area contributed by atoms with Crippen molar-refractivity contribution in [1.29, 1.82) is 0 Å². The molecule has 3 N–H and O–H groups in total. The summed E-state index contributed by atoms with van der Waals surface area (Å²) in [6, 6.07) is -1.81. The second kappa shape index (κ2) is 3.52.